The van der Waals surface area contributed by atoms with Crippen LogP contribution in [-0.2, 0) is 13.0 Å². The molecule has 1 aliphatic rings. The number of hydrogen-bond donors (Lipinski definition) is 0. The Morgan fingerprint density at radius 3 is 2.88 bits per heavy atom. The minimum absolute atomic E-state index is 0.321. The highest BCUT2D eigenvalue weighted by molar-refractivity contribution is 5.81. The average Bonchev–Trinajstić information content (AvgIpc) is 2.66. The summed E-state index contributed by atoms with van der Waals surface area (Å²) in [7, 11) is 3.74. The molecular weight excluding hydrogens is 326 g/mol. The highest BCUT2D eigenvalue weighted by atomic mass is 16.5. The first-order chi connectivity index (χ1) is 12.7. The molecule has 4 nitrogen and oxygen atoms in total. The number of nitrogens with zero attached hydrogens (tertiary/aromatic N) is 1. The molecule has 3 aromatic rings. The summed E-state index contributed by atoms with van der Waals surface area (Å²) in [4.78, 5) is 14.4. The lowest BCUT2D eigenvalue weighted by atomic mass is 9.87. The predicted octanol–water partition coefficient (Wildman–Crippen LogP) is 4.31. The van der Waals surface area contributed by atoms with E-state index >= 15 is 0 Å². The van der Waals surface area contributed by atoms with Crippen LogP contribution >= 0.6 is 0 Å². The minimum atomic E-state index is -0.321. The van der Waals surface area contributed by atoms with Crippen LogP contribution in [0.5, 0.6) is 5.75 Å². The third kappa shape index (κ3) is 3.13. The molecule has 0 bridgehead atoms. The Labute approximate surface area is 153 Å². The SMILES string of the molecule is COc1ccc2c(CN(C)C3CCCc4ccccc43)cc(=O)oc2c1. The molecule has 0 N–H and O–H groups in total. The van der Waals surface area contributed by atoms with E-state index in [4.69, 9.17) is 9.15 Å². The van der Waals surface area contributed by atoms with Gasteiger partial charge in [0.15, 0.2) is 0 Å². The van der Waals surface area contributed by atoms with E-state index in [2.05, 4.69) is 36.2 Å². The van der Waals surface area contributed by atoms with Gasteiger partial charge < -0.3 is 9.15 Å². The molecule has 0 saturated carbocycles. The Hall–Kier alpha value is -2.59. The topological polar surface area (TPSA) is 42.7 Å². The quantitative estimate of drug-likeness (QED) is 0.658. The maximum atomic E-state index is 12.0. The summed E-state index contributed by atoms with van der Waals surface area (Å²) in [6.07, 6.45) is 3.49. The zero-order chi connectivity index (χ0) is 18.1. The first kappa shape index (κ1) is 16.9. The predicted molar refractivity (Wildman–Crippen MR) is 103 cm³/mol. The molecule has 1 atom stereocenters. The van der Waals surface area contributed by atoms with Gasteiger partial charge in [-0.2, -0.15) is 0 Å². The molecule has 4 rings (SSSR count). The Balaban J connectivity index is 1.68. The van der Waals surface area contributed by atoms with E-state index in [1.54, 1.807) is 19.2 Å². The maximum Gasteiger partial charge on any atom is 0.336 e. The van der Waals surface area contributed by atoms with Crippen LogP contribution in [0.1, 0.15) is 35.6 Å². The van der Waals surface area contributed by atoms with E-state index in [1.807, 2.05) is 12.1 Å². The smallest absolute Gasteiger partial charge is 0.336 e. The van der Waals surface area contributed by atoms with Crippen molar-refractivity contribution in [3.05, 3.63) is 75.6 Å². The number of rotatable bonds is 4. The summed E-state index contributed by atoms with van der Waals surface area (Å²) in [5.74, 6) is 0.687. The molecule has 26 heavy (non-hydrogen) atoms. The van der Waals surface area contributed by atoms with Crippen LogP contribution in [0.2, 0.25) is 0 Å². The Kier molecular flexibility index (Phi) is 4.51. The van der Waals surface area contributed by atoms with Crippen LogP contribution in [0, 0.1) is 0 Å². The molecule has 1 aromatic heterocycles. The first-order valence-corrected chi connectivity index (χ1v) is 9.04. The standard InChI is InChI=1S/C22H23NO3/c1-23(20-9-5-7-15-6-3-4-8-18(15)20)14-16-12-22(24)26-21-13-17(25-2)10-11-19(16)21/h3-4,6,8,10-13,20H,5,7,9,14H2,1-2H3. The summed E-state index contributed by atoms with van der Waals surface area (Å²) >= 11 is 0. The molecular formula is C22H23NO3. The Morgan fingerprint density at radius 1 is 1.19 bits per heavy atom. The minimum Gasteiger partial charge on any atom is -0.497 e. The van der Waals surface area contributed by atoms with Crippen molar-refractivity contribution in [1.29, 1.82) is 0 Å². The number of fused-ring (bicyclic) bond motifs is 2. The van der Waals surface area contributed by atoms with Gasteiger partial charge >= 0.3 is 5.63 Å². The van der Waals surface area contributed by atoms with E-state index in [0.717, 1.165) is 23.8 Å². The third-order valence-electron chi connectivity index (χ3n) is 5.33. The Bertz CT molecular complexity index is 992. The van der Waals surface area contributed by atoms with E-state index in [0.29, 0.717) is 23.9 Å². The fourth-order valence-corrected chi connectivity index (χ4v) is 4.03. The van der Waals surface area contributed by atoms with Gasteiger partial charge in [-0.25, -0.2) is 4.79 Å². The van der Waals surface area contributed by atoms with Crippen molar-refractivity contribution >= 4 is 11.0 Å². The molecule has 0 radical (unpaired) electrons. The summed E-state index contributed by atoms with van der Waals surface area (Å²) in [5, 5.41) is 0.960. The van der Waals surface area contributed by atoms with Crippen LogP contribution in [0.3, 0.4) is 0 Å². The van der Waals surface area contributed by atoms with Gasteiger partial charge in [0.1, 0.15) is 11.3 Å². The molecule has 0 saturated heterocycles. The van der Waals surface area contributed by atoms with Crippen LogP contribution in [0.15, 0.2) is 57.7 Å². The van der Waals surface area contributed by atoms with E-state index in [-0.39, 0.29) is 5.63 Å². The maximum absolute atomic E-state index is 12.0. The second kappa shape index (κ2) is 6.96. The molecule has 0 fully saturated rings. The van der Waals surface area contributed by atoms with Crippen LogP contribution in [0.25, 0.3) is 11.0 Å². The fourth-order valence-electron chi connectivity index (χ4n) is 4.03. The number of methoxy groups -OCH3 is 1. The average molecular weight is 349 g/mol. The van der Waals surface area contributed by atoms with Gasteiger partial charge in [-0.1, -0.05) is 24.3 Å². The highest BCUT2D eigenvalue weighted by Crippen LogP contribution is 2.34. The zero-order valence-electron chi connectivity index (χ0n) is 15.2. The lowest BCUT2D eigenvalue weighted by Gasteiger charge is -2.33. The lowest BCUT2D eigenvalue weighted by molar-refractivity contribution is 0.213. The molecule has 0 amide bonds. The van der Waals surface area contributed by atoms with Crippen molar-refractivity contribution in [2.75, 3.05) is 14.2 Å². The third-order valence-corrected chi connectivity index (χ3v) is 5.33. The van der Waals surface area contributed by atoms with Gasteiger partial charge in [0.05, 0.1) is 7.11 Å². The Morgan fingerprint density at radius 2 is 2.04 bits per heavy atom. The molecule has 1 heterocycles. The van der Waals surface area contributed by atoms with Crippen LogP contribution < -0.4 is 10.4 Å². The van der Waals surface area contributed by atoms with Crippen molar-refractivity contribution in [3.8, 4) is 5.75 Å². The monoisotopic (exact) mass is 349 g/mol. The van der Waals surface area contributed by atoms with E-state index in [1.165, 1.54) is 17.5 Å². The molecule has 2 aromatic carbocycles. The zero-order valence-corrected chi connectivity index (χ0v) is 15.2. The molecule has 0 spiro atoms. The molecule has 4 heteroatoms. The van der Waals surface area contributed by atoms with Gasteiger partial charge in [0, 0.05) is 30.1 Å². The molecule has 1 unspecified atom stereocenters. The van der Waals surface area contributed by atoms with Crippen molar-refractivity contribution in [3.63, 3.8) is 0 Å². The van der Waals surface area contributed by atoms with Crippen molar-refractivity contribution in [2.24, 2.45) is 0 Å². The summed E-state index contributed by atoms with van der Waals surface area (Å²) in [6.45, 7) is 0.702. The molecule has 0 aliphatic heterocycles. The van der Waals surface area contributed by atoms with E-state index < -0.39 is 0 Å². The summed E-state index contributed by atoms with van der Waals surface area (Å²) in [5.41, 5.74) is 4.10. The van der Waals surface area contributed by atoms with Crippen molar-refractivity contribution in [2.45, 2.75) is 31.8 Å². The number of benzene rings is 2. The largest absolute Gasteiger partial charge is 0.497 e. The highest BCUT2D eigenvalue weighted by Gasteiger charge is 2.24. The van der Waals surface area contributed by atoms with Crippen molar-refractivity contribution < 1.29 is 9.15 Å². The normalized spacial score (nSPS) is 16.7. The van der Waals surface area contributed by atoms with Crippen LogP contribution in [0.4, 0.5) is 0 Å². The summed E-state index contributed by atoms with van der Waals surface area (Å²) < 4.78 is 10.6. The molecule has 134 valence electrons. The number of hydrogen-bond acceptors (Lipinski definition) is 4. The second-order valence-corrected chi connectivity index (χ2v) is 6.97. The molecule has 1 aliphatic carbocycles. The van der Waals surface area contributed by atoms with Gasteiger partial charge in [0.2, 0.25) is 0 Å². The van der Waals surface area contributed by atoms with Crippen molar-refractivity contribution in [1.82, 2.24) is 4.90 Å². The first-order valence-electron chi connectivity index (χ1n) is 9.04. The van der Waals surface area contributed by atoms with Gasteiger partial charge in [-0.05, 0) is 55.1 Å². The number of aryl methyl sites for hydroxylation is 1. The lowest BCUT2D eigenvalue weighted by Crippen LogP contribution is -2.27. The van der Waals surface area contributed by atoms with Crippen LogP contribution in [-0.4, -0.2) is 19.1 Å². The fraction of sp³-hybridized carbons (Fsp3) is 0.318. The second-order valence-electron chi connectivity index (χ2n) is 6.97. The number of ether oxygens (including phenoxy) is 1. The van der Waals surface area contributed by atoms with Gasteiger partial charge in [0.25, 0.3) is 0 Å². The van der Waals surface area contributed by atoms with E-state index in [9.17, 15) is 4.79 Å². The van der Waals surface area contributed by atoms with Gasteiger partial charge in [-0.15, -0.1) is 0 Å². The summed E-state index contributed by atoms with van der Waals surface area (Å²) in [6, 6.07) is 16.3. The van der Waals surface area contributed by atoms with Gasteiger partial charge in [-0.3, -0.25) is 4.90 Å².